The van der Waals surface area contributed by atoms with E-state index in [1.165, 1.54) is 0 Å². The number of rotatable bonds is 5. The van der Waals surface area contributed by atoms with Crippen molar-refractivity contribution in [1.82, 2.24) is 35.8 Å². The van der Waals surface area contributed by atoms with E-state index in [4.69, 9.17) is 23.2 Å². The molecule has 0 unspecified atom stereocenters. The number of nitrogens with one attached hydrogen (secondary N) is 3. The molecule has 3 N–H and O–H groups in total. The van der Waals surface area contributed by atoms with Crippen LogP contribution in [0.5, 0.6) is 0 Å². The van der Waals surface area contributed by atoms with Gasteiger partial charge < -0.3 is 10.2 Å². The number of carbonyl (C=O) groups is 2. The van der Waals surface area contributed by atoms with E-state index in [-0.39, 0.29) is 11.8 Å². The van der Waals surface area contributed by atoms with Crippen molar-refractivity contribution in [2.75, 3.05) is 13.1 Å². The molecule has 0 saturated carbocycles. The van der Waals surface area contributed by atoms with Crippen LogP contribution in [-0.4, -0.2) is 55.4 Å². The van der Waals surface area contributed by atoms with Gasteiger partial charge in [0.15, 0.2) is 0 Å². The van der Waals surface area contributed by atoms with Gasteiger partial charge in [0.2, 0.25) is 0 Å². The zero-order chi connectivity index (χ0) is 22.9. The van der Waals surface area contributed by atoms with Crippen molar-refractivity contribution in [1.29, 1.82) is 0 Å². The Labute approximate surface area is 198 Å². The molecule has 11 heteroatoms. The highest BCUT2D eigenvalue weighted by molar-refractivity contribution is 6.42. The normalized spacial score (nSPS) is 13.2. The predicted octanol–water partition coefficient (Wildman–Crippen LogP) is 3.16. The molecule has 5 rings (SSSR count). The van der Waals surface area contributed by atoms with Crippen LogP contribution in [0.3, 0.4) is 0 Å². The van der Waals surface area contributed by atoms with Crippen LogP contribution in [-0.2, 0) is 19.4 Å². The molecule has 168 valence electrons. The van der Waals surface area contributed by atoms with Crippen LogP contribution in [0.2, 0.25) is 10.0 Å². The summed E-state index contributed by atoms with van der Waals surface area (Å²) in [5.41, 5.74) is 4.91. The fourth-order valence-corrected chi connectivity index (χ4v) is 4.25. The number of aromatic nitrogens is 5. The predicted molar refractivity (Wildman–Crippen MR) is 123 cm³/mol. The van der Waals surface area contributed by atoms with Crippen LogP contribution in [0.1, 0.15) is 37.7 Å². The van der Waals surface area contributed by atoms with Gasteiger partial charge in [-0.2, -0.15) is 5.10 Å². The van der Waals surface area contributed by atoms with E-state index < -0.39 is 0 Å². The number of amides is 2. The van der Waals surface area contributed by atoms with Crippen molar-refractivity contribution < 1.29 is 9.59 Å². The molecule has 33 heavy (non-hydrogen) atoms. The van der Waals surface area contributed by atoms with Crippen molar-refractivity contribution in [2.45, 2.75) is 19.4 Å². The van der Waals surface area contributed by atoms with E-state index in [0.717, 1.165) is 16.6 Å². The van der Waals surface area contributed by atoms with Gasteiger partial charge in [0, 0.05) is 24.2 Å². The van der Waals surface area contributed by atoms with Crippen LogP contribution in [0, 0.1) is 0 Å². The second kappa shape index (κ2) is 8.84. The fourth-order valence-electron chi connectivity index (χ4n) is 3.93. The molecule has 0 radical (unpaired) electrons. The van der Waals surface area contributed by atoms with E-state index >= 15 is 0 Å². The van der Waals surface area contributed by atoms with E-state index in [1.54, 1.807) is 35.2 Å². The Morgan fingerprint density at radius 2 is 1.97 bits per heavy atom. The number of H-pyrrole nitrogens is 2. The van der Waals surface area contributed by atoms with Gasteiger partial charge in [-0.05, 0) is 48.7 Å². The molecule has 3 heterocycles. The molecular weight excluding hydrogens is 465 g/mol. The number of hydrogen-bond acceptors (Lipinski definition) is 5. The highest BCUT2D eigenvalue weighted by atomic mass is 35.5. The number of halogens is 2. The Hall–Kier alpha value is -3.43. The third kappa shape index (κ3) is 4.29. The topological polar surface area (TPSA) is 120 Å². The number of benzene rings is 2. The Balaban J connectivity index is 1.22. The standard InChI is InChI=1S/C22H19Cl2N7O2/c23-15-3-1-12(9-16(15)24)5-7-25-21(32)20-14-6-8-31(11-19(14)26-29-20)22(33)13-2-4-17-18(10-13)28-30-27-17/h1-4,9-10H,5-8,11H2,(H,25,32)(H,26,29)(H,27,28,30). The van der Waals surface area contributed by atoms with E-state index in [0.29, 0.717) is 65.0 Å². The van der Waals surface area contributed by atoms with Gasteiger partial charge in [-0.15, -0.1) is 5.10 Å². The molecular formula is C22H19Cl2N7O2. The monoisotopic (exact) mass is 483 g/mol. The Morgan fingerprint density at radius 3 is 2.82 bits per heavy atom. The molecule has 0 spiro atoms. The van der Waals surface area contributed by atoms with Gasteiger partial charge in [0.1, 0.15) is 11.2 Å². The summed E-state index contributed by atoms with van der Waals surface area (Å²) in [5, 5.41) is 21.5. The van der Waals surface area contributed by atoms with Gasteiger partial charge in [0.05, 0.1) is 27.8 Å². The number of fused-ring (bicyclic) bond motifs is 2. The summed E-state index contributed by atoms with van der Waals surface area (Å²) < 4.78 is 0. The fraction of sp³-hybridized carbons (Fsp3) is 0.227. The lowest BCUT2D eigenvalue weighted by molar-refractivity contribution is 0.0732. The van der Waals surface area contributed by atoms with E-state index in [9.17, 15) is 9.59 Å². The van der Waals surface area contributed by atoms with Crippen LogP contribution < -0.4 is 5.32 Å². The molecule has 2 aromatic carbocycles. The summed E-state index contributed by atoms with van der Waals surface area (Å²) in [5.74, 6) is -0.332. The average molecular weight is 484 g/mol. The van der Waals surface area contributed by atoms with Gasteiger partial charge in [-0.1, -0.05) is 34.5 Å². The second-order valence-electron chi connectivity index (χ2n) is 7.80. The van der Waals surface area contributed by atoms with Gasteiger partial charge in [-0.3, -0.25) is 19.8 Å². The lowest BCUT2D eigenvalue weighted by Gasteiger charge is -2.26. The number of aromatic amines is 2. The third-order valence-corrected chi connectivity index (χ3v) is 6.43. The maximum absolute atomic E-state index is 13.0. The zero-order valence-electron chi connectivity index (χ0n) is 17.4. The maximum atomic E-state index is 13.0. The molecule has 0 aliphatic carbocycles. The van der Waals surface area contributed by atoms with Crippen molar-refractivity contribution in [3.8, 4) is 0 Å². The third-order valence-electron chi connectivity index (χ3n) is 5.70. The van der Waals surface area contributed by atoms with Crippen LogP contribution in [0.15, 0.2) is 36.4 Å². The largest absolute Gasteiger partial charge is 0.350 e. The van der Waals surface area contributed by atoms with Crippen molar-refractivity contribution in [3.63, 3.8) is 0 Å². The molecule has 0 atom stereocenters. The first-order valence-electron chi connectivity index (χ1n) is 10.4. The first-order valence-corrected chi connectivity index (χ1v) is 11.1. The molecule has 0 saturated heterocycles. The number of hydrogen-bond donors (Lipinski definition) is 3. The molecule has 1 aliphatic rings. The van der Waals surface area contributed by atoms with Crippen molar-refractivity contribution in [2.24, 2.45) is 0 Å². The smallest absolute Gasteiger partial charge is 0.269 e. The number of nitrogens with zero attached hydrogens (tertiary/aromatic N) is 4. The summed E-state index contributed by atoms with van der Waals surface area (Å²) in [4.78, 5) is 27.4. The van der Waals surface area contributed by atoms with E-state index in [2.05, 4.69) is 30.9 Å². The van der Waals surface area contributed by atoms with Gasteiger partial charge >= 0.3 is 0 Å². The zero-order valence-corrected chi connectivity index (χ0v) is 18.9. The minimum absolute atomic E-state index is 0.110. The molecule has 9 nitrogen and oxygen atoms in total. The molecule has 2 amide bonds. The van der Waals surface area contributed by atoms with Crippen molar-refractivity contribution >= 4 is 46.0 Å². The summed E-state index contributed by atoms with van der Waals surface area (Å²) in [6.07, 6.45) is 1.16. The van der Waals surface area contributed by atoms with Gasteiger partial charge in [-0.25, -0.2) is 0 Å². The summed E-state index contributed by atoms with van der Waals surface area (Å²) in [6, 6.07) is 10.7. The Kier molecular flexibility index (Phi) is 5.74. The lowest BCUT2D eigenvalue weighted by Crippen LogP contribution is -2.36. The first-order chi connectivity index (χ1) is 16.0. The molecule has 1 aliphatic heterocycles. The second-order valence-corrected chi connectivity index (χ2v) is 8.61. The lowest BCUT2D eigenvalue weighted by atomic mass is 10.0. The molecule has 2 aromatic heterocycles. The maximum Gasteiger partial charge on any atom is 0.269 e. The highest BCUT2D eigenvalue weighted by Gasteiger charge is 2.28. The van der Waals surface area contributed by atoms with E-state index in [1.807, 2.05) is 6.07 Å². The van der Waals surface area contributed by atoms with Crippen LogP contribution >= 0.6 is 23.2 Å². The van der Waals surface area contributed by atoms with Crippen LogP contribution in [0.4, 0.5) is 0 Å². The first kappa shape index (κ1) is 21.4. The average Bonchev–Trinajstić information content (AvgIpc) is 3.46. The summed E-state index contributed by atoms with van der Waals surface area (Å²) in [7, 11) is 0. The van der Waals surface area contributed by atoms with Gasteiger partial charge in [0.25, 0.3) is 11.8 Å². The SMILES string of the molecule is O=C(NCCc1ccc(Cl)c(Cl)c1)c1[nH]nc2c1CCN(C(=O)c1ccc3[nH]nnc3c1)C2. The molecule has 0 bridgehead atoms. The quantitative estimate of drug-likeness (QED) is 0.402. The Bertz CT molecular complexity index is 1360. The highest BCUT2D eigenvalue weighted by Crippen LogP contribution is 2.24. The van der Waals surface area contributed by atoms with Crippen LogP contribution in [0.25, 0.3) is 11.0 Å². The number of carbonyl (C=O) groups excluding carboxylic acids is 2. The molecule has 0 fully saturated rings. The van der Waals surface area contributed by atoms with Crippen molar-refractivity contribution in [3.05, 3.63) is 74.5 Å². The minimum atomic E-state index is -0.222. The summed E-state index contributed by atoms with van der Waals surface area (Å²) >= 11 is 12.0. The Morgan fingerprint density at radius 1 is 1.09 bits per heavy atom. The molecule has 4 aromatic rings. The summed E-state index contributed by atoms with van der Waals surface area (Å²) in [6.45, 7) is 1.27. The minimum Gasteiger partial charge on any atom is -0.350 e.